The molecule has 2 aliphatic rings. The summed E-state index contributed by atoms with van der Waals surface area (Å²) in [6.07, 6.45) is 7.62. The number of hydrogen-bond acceptors (Lipinski definition) is 5. The highest BCUT2D eigenvalue weighted by Gasteiger charge is 2.37. The molecule has 4 atom stereocenters. The topological polar surface area (TPSA) is 104 Å². The molecule has 0 spiro atoms. The number of piperidine rings is 1. The summed E-state index contributed by atoms with van der Waals surface area (Å²) in [5, 5.41) is 26.3. The van der Waals surface area contributed by atoms with E-state index in [0.29, 0.717) is 11.8 Å². The summed E-state index contributed by atoms with van der Waals surface area (Å²) >= 11 is 0. The average Bonchev–Trinajstić information content (AvgIpc) is 2.99. The molecule has 0 amide bonds. The van der Waals surface area contributed by atoms with Gasteiger partial charge in [0.15, 0.2) is 5.82 Å². The third kappa shape index (κ3) is 3.58. The van der Waals surface area contributed by atoms with Crippen molar-refractivity contribution in [3.63, 3.8) is 0 Å². The minimum atomic E-state index is -0.701. The summed E-state index contributed by atoms with van der Waals surface area (Å²) in [4.78, 5) is 11.1. The zero-order chi connectivity index (χ0) is 14.7. The number of aryl methyl sites for hydroxylation is 1. The lowest BCUT2D eigenvalue weighted by molar-refractivity contribution is -0.141. The second-order valence-electron chi connectivity index (χ2n) is 6.45. The number of carboxylic acid groups (broad SMARTS) is 1. The molecule has 1 aliphatic heterocycles. The predicted molar refractivity (Wildman–Crippen MR) is 75.5 cm³/mol. The van der Waals surface area contributed by atoms with Gasteiger partial charge in [0.25, 0.3) is 0 Å². The van der Waals surface area contributed by atoms with E-state index >= 15 is 0 Å². The largest absolute Gasteiger partial charge is 0.480 e. The van der Waals surface area contributed by atoms with E-state index in [-0.39, 0.29) is 6.04 Å². The predicted octanol–water partition coefficient (Wildman–Crippen LogP) is 1.00. The number of rotatable bonds is 5. The standard InChI is InChI=1S/C14H23N5O2/c20-14(21)12-7-11-6-9(4-5-10(11)8-15-12)2-1-3-13-16-18-19-17-13/h9-12,15H,1-8H2,(H,20,21)(H,16,17,18,19)/t9-,10-,11+,12-/m1/s1. The minimum absolute atomic E-state index is 0.343. The molecule has 1 saturated heterocycles. The molecule has 0 aromatic carbocycles. The molecule has 1 saturated carbocycles. The summed E-state index contributed by atoms with van der Waals surface area (Å²) in [6.45, 7) is 0.872. The molecule has 3 rings (SSSR count). The number of aromatic amines is 1. The zero-order valence-electron chi connectivity index (χ0n) is 12.2. The highest BCUT2D eigenvalue weighted by Crippen LogP contribution is 2.40. The first-order valence-electron chi connectivity index (χ1n) is 7.91. The molecule has 0 radical (unpaired) electrons. The van der Waals surface area contributed by atoms with E-state index in [0.717, 1.165) is 37.5 Å². The second kappa shape index (κ2) is 6.51. The lowest BCUT2D eigenvalue weighted by atomic mass is 9.68. The number of carboxylic acids is 1. The molecule has 1 aliphatic carbocycles. The Labute approximate surface area is 123 Å². The molecule has 1 aromatic rings. The molecular formula is C14H23N5O2. The van der Waals surface area contributed by atoms with Crippen LogP contribution in [-0.4, -0.2) is 44.3 Å². The first-order chi connectivity index (χ1) is 10.2. The normalized spacial score (nSPS) is 32.6. The Hall–Kier alpha value is -1.50. The Balaban J connectivity index is 1.45. The van der Waals surface area contributed by atoms with Gasteiger partial charge in [-0.3, -0.25) is 4.79 Å². The van der Waals surface area contributed by atoms with Gasteiger partial charge in [0, 0.05) is 6.42 Å². The molecule has 3 N–H and O–H groups in total. The monoisotopic (exact) mass is 293 g/mol. The lowest BCUT2D eigenvalue weighted by Gasteiger charge is -2.41. The molecular weight excluding hydrogens is 270 g/mol. The van der Waals surface area contributed by atoms with E-state index in [1.54, 1.807) is 0 Å². The number of aromatic nitrogens is 4. The molecule has 2 heterocycles. The van der Waals surface area contributed by atoms with Gasteiger partial charge in [0.05, 0.1) is 0 Å². The Morgan fingerprint density at radius 3 is 2.95 bits per heavy atom. The van der Waals surface area contributed by atoms with E-state index in [1.165, 1.54) is 25.7 Å². The van der Waals surface area contributed by atoms with Crippen LogP contribution in [0.2, 0.25) is 0 Å². The van der Waals surface area contributed by atoms with E-state index in [2.05, 4.69) is 25.9 Å². The van der Waals surface area contributed by atoms with Crippen LogP contribution < -0.4 is 5.32 Å². The van der Waals surface area contributed by atoms with E-state index in [1.807, 2.05) is 0 Å². The van der Waals surface area contributed by atoms with Crippen molar-refractivity contribution in [2.24, 2.45) is 17.8 Å². The molecule has 21 heavy (non-hydrogen) atoms. The molecule has 0 bridgehead atoms. The Kier molecular flexibility index (Phi) is 4.48. The van der Waals surface area contributed by atoms with E-state index in [4.69, 9.17) is 5.11 Å². The Bertz CT molecular complexity index is 464. The number of tetrazole rings is 1. The summed E-state index contributed by atoms with van der Waals surface area (Å²) < 4.78 is 0. The fraction of sp³-hybridized carbons (Fsp3) is 0.857. The molecule has 1 aromatic heterocycles. The van der Waals surface area contributed by atoms with Gasteiger partial charge >= 0.3 is 5.97 Å². The third-order valence-corrected chi connectivity index (χ3v) is 5.11. The maximum Gasteiger partial charge on any atom is 0.320 e. The van der Waals surface area contributed by atoms with Gasteiger partial charge in [-0.15, -0.1) is 10.2 Å². The fourth-order valence-corrected chi connectivity index (χ4v) is 3.95. The maximum absolute atomic E-state index is 11.1. The van der Waals surface area contributed by atoms with Crippen LogP contribution in [0.4, 0.5) is 0 Å². The van der Waals surface area contributed by atoms with Crippen molar-refractivity contribution in [1.82, 2.24) is 25.9 Å². The van der Waals surface area contributed by atoms with Crippen molar-refractivity contribution in [3.8, 4) is 0 Å². The van der Waals surface area contributed by atoms with Gasteiger partial charge in [-0.1, -0.05) is 18.1 Å². The van der Waals surface area contributed by atoms with Crippen LogP contribution in [0.15, 0.2) is 0 Å². The maximum atomic E-state index is 11.1. The minimum Gasteiger partial charge on any atom is -0.480 e. The Morgan fingerprint density at radius 2 is 2.19 bits per heavy atom. The highest BCUT2D eigenvalue weighted by atomic mass is 16.4. The van der Waals surface area contributed by atoms with Gasteiger partial charge in [-0.25, -0.2) is 0 Å². The number of aliphatic carboxylic acids is 1. The fourth-order valence-electron chi connectivity index (χ4n) is 3.95. The first kappa shape index (κ1) is 14.4. The summed E-state index contributed by atoms with van der Waals surface area (Å²) in [5.74, 6) is 2.07. The molecule has 0 unspecified atom stereocenters. The second-order valence-corrected chi connectivity index (χ2v) is 6.45. The summed E-state index contributed by atoms with van der Waals surface area (Å²) in [6, 6.07) is -0.343. The smallest absolute Gasteiger partial charge is 0.320 e. The van der Waals surface area contributed by atoms with Gasteiger partial charge in [-0.05, 0) is 50.0 Å². The Morgan fingerprint density at radius 1 is 1.29 bits per heavy atom. The van der Waals surface area contributed by atoms with Gasteiger partial charge < -0.3 is 10.4 Å². The SMILES string of the molecule is O=C(O)[C@H]1C[C@@H]2C[C@H](CCCc3nn[nH]n3)CC[C@@H]2CN1. The van der Waals surface area contributed by atoms with Crippen molar-refractivity contribution >= 4 is 5.97 Å². The summed E-state index contributed by atoms with van der Waals surface area (Å²) in [5.41, 5.74) is 0. The lowest BCUT2D eigenvalue weighted by Crippen LogP contribution is -2.49. The van der Waals surface area contributed by atoms with Crippen LogP contribution in [0.3, 0.4) is 0 Å². The zero-order valence-corrected chi connectivity index (χ0v) is 12.2. The van der Waals surface area contributed by atoms with Crippen LogP contribution in [0.5, 0.6) is 0 Å². The number of hydrogen-bond donors (Lipinski definition) is 3. The van der Waals surface area contributed by atoms with E-state index in [9.17, 15) is 4.79 Å². The van der Waals surface area contributed by atoms with Crippen molar-refractivity contribution in [1.29, 1.82) is 0 Å². The van der Waals surface area contributed by atoms with Crippen LogP contribution in [-0.2, 0) is 11.2 Å². The molecule has 116 valence electrons. The molecule has 7 nitrogen and oxygen atoms in total. The number of carbonyl (C=O) groups is 1. The van der Waals surface area contributed by atoms with Crippen molar-refractivity contribution in [2.75, 3.05) is 6.54 Å². The van der Waals surface area contributed by atoms with Gasteiger partial charge in [0.2, 0.25) is 0 Å². The number of nitrogens with one attached hydrogen (secondary N) is 2. The van der Waals surface area contributed by atoms with E-state index < -0.39 is 5.97 Å². The number of fused-ring (bicyclic) bond motifs is 1. The number of nitrogens with zero attached hydrogens (tertiary/aromatic N) is 3. The highest BCUT2D eigenvalue weighted by molar-refractivity contribution is 5.73. The van der Waals surface area contributed by atoms with Crippen molar-refractivity contribution in [2.45, 2.75) is 51.0 Å². The average molecular weight is 293 g/mol. The van der Waals surface area contributed by atoms with Crippen LogP contribution in [0.25, 0.3) is 0 Å². The van der Waals surface area contributed by atoms with Crippen molar-refractivity contribution in [3.05, 3.63) is 5.82 Å². The van der Waals surface area contributed by atoms with Gasteiger partial charge in [0.1, 0.15) is 6.04 Å². The quantitative estimate of drug-likeness (QED) is 0.748. The van der Waals surface area contributed by atoms with Crippen LogP contribution in [0, 0.1) is 17.8 Å². The van der Waals surface area contributed by atoms with Crippen molar-refractivity contribution < 1.29 is 9.90 Å². The number of H-pyrrole nitrogens is 1. The molecule has 2 fully saturated rings. The van der Waals surface area contributed by atoms with Gasteiger partial charge in [-0.2, -0.15) is 5.21 Å². The summed E-state index contributed by atoms with van der Waals surface area (Å²) in [7, 11) is 0. The van der Waals surface area contributed by atoms with Crippen LogP contribution >= 0.6 is 0 Å². The first-order valence-corrected chi connectivity index (χ1v) is 7.91. The third-order valence-electron chi connectivity index (χ3n) is 5.11. The molecule has 7 heteroatoms. The van der Waals surface area contributed by atoms with Crippen LogP contribution in [0.1, 0.15) is 44.3 Å².